The number of anilines is 2. The van der Waals surface area contributed by atoms with E-state index in [0.717, 1.165) is 17.0 Å². The summed E-state index contributed by atoms with van der Waals surface area (Å²) in [6.07, 6.45) is -4.38. The van der Waals surface area contributed by atoms with E-state index in [1.54, 1.807) is 0 Å². The standard InChI is InChI=1S/C21H24F3N5O4/c1-20(2,3)12-29(19(32)33)11-16(30)27-28-18(31)15-5-4-10-25-17(15)26-14-8-6-13(7-9-14)21(22,23)24/h4-10H,11-12H2,1-3H3,(H,25,26)(H,27,30)(H,28,31)(H,32,33). The molecule has 1 heterocycles. The zero-order valence-electron chi connectivity index (χ0n) is 18.2. The number of nitrogens with one attached hydrogen (secondary N) is 3. The fourth-order valence-electron chi connectivity index (χ4n) is 2.74. The zero-order valence-corrected chi connectivity index (χ0v) is 18.2. The van der Waals surface area contributed by atoms with Crippen molar-refractivity contribution in [3.05, 3.63) is 53.7 Å². The molecule has 0 bridgehead atoms. The smallest absolute Gasteiger partial charge is 0.416 e. The van der Waals surface area contributed by atoms with Crippen LogP contribution in [0.15, 0.2) is 42.6 Å². The van der Waals surface area contributed by atoms with Crippen molar-refractivity contribution in [1.29, 1.82) is 0 Å². The summed E-state index contributed by atoms with van der Waals surface area (Å²) < 4.78 is 38.1. The predicted octanol–water partition coefficient (Wildman–Crippen LogP) is 3.63. The second-order valence-corrected chi connectivity index (χ2v) is 8.30. The molecule has 0 saturated carbocycles. The molecule has 3 amide bonds. The number of benzene rings is 1. The molecular formula is C21H24F3N5O4. The van der Waals surface area contributed by atoms with Crippen molar-refractivity contribution in [3.8, 4) is 0 Å². The number of hydrogen-bond donors (Lipinski definition) is 4. The van der Waals surface area contributed by atoms with Gasteiger partial charge in [-0.25, -0.2) is 9.78 Å². The molecule has 0 atom stereocenters. The Bertz CT molecular complexity index is 1000. The average molecular weight is 467 g/mol. The van der Waals surface area contributed by atoms with Crippen molar-refractivity contribution < 1.29 is 32.7 Å². The van der Waals surface area contributed by atoms with Crippen LogP contribution in [-0.4, -0.2) is 46.0 Å². The summed E-state index contributed by atoms with van der Waals surface area (Å²) in [4.78, 5) is 40.9. The van der Waals surface area contributed by atoms with Gasteiger partial charge in [0, 0.05) is 18.4 Å². The van der Waals surface area contributed by atoms with Gasteiger partial charge in [0.05, 0.1) is 11.1 Å². The largest absolute Gasteiger partial charge is 0.465 e. The van der Waals surface area contributed by atoms with E-state index in [0.29, 0.717) is 0 Å². The molecule has 33 heavy (non-hydrogen) atoms. The Morgan fingerprint density at radius 3 is 2.21 bits per heavy atom. The number of carbonyl (C=O) groups excluding carboxylic acids is 2. The van der Waals surface area contributed by atoms with Gasteiger partial charge in [0.2, 0.25) is 0 Å². The number of amides is 3. The second kappa shape index (κ2) is 10.2. The molecule has 178 valence electrons. The van der Waals surface area contributed by atoms with E-state index in [-0.39, 0.29) is 29.0 Å². The first kappa shape index (κ1) is 25.4. The summed E-state index contributed by atoms with van der Waals surface area (Å²) in [5.41, 5.74) is 3.38. The number of hydrogen-bond acceptors (Lipinski definition) is 5. The molecule has 2 rings (SSSR count). The number of halogens is 3. The van der Waals surface area contributed by atoms with Gasteiger partial charge < -0.3 is 10.4 Å². The van der Waals surface area contributed by atoms with Crippen LogP contribution in [0.2, 0.25) is 0 Å². The second-order valence-electron chi connectivity index (χ2n) is 8.30. The normalized spacial score (nSPS) is 11.5. The van der Waals surface area contributed by atoms with Gasteiger partial charge in [0.15, 0.2) is 0 Å². The monoisotopic (exact) mass is 467 g/mol. The Balaban J connectivity index is 2.03. The van der Waals surface area contributed by atoms with Gasteiger partial charge in [-0.3, -0.25) is 25.3 Å². The molecule has 0 aliphatic carbocycles. The molecule has 12 heteroatoms. The lowest BCUT2D eigenvalue weighted by Crippen LogP contribution is -2.49. The maximum absolute atomic E-state index is 12.7. The van der Waals surface area contributed by atoms with E-state index >= 15 is 0 Å². The van der Waals surface area contributed by atoms with Gasteiger partial charge in [-0.05, 0) is 41.8 Å². The lowest BCUT2D eigenvalue weighted by Gasteiger charge is -2.27. The molecule has 4 N–H and O–H groups in total. The number of rotatable bonds is 6. The lowest BCUT2D eigenvalue weighted by atomic mass is 9.96. The SMILES string of the molecule is CC(C)(C)CN(CC(=O)NNC(=O)c1cccnc1Nc1ccc(C(F)(F)F)cc1)C(=O)O. The van der Waals surface area contributed by atoms with Gasteiger partial charge in [0.1, 0.15) is 12.4 Å². The Kier molecular flexibility index (Phi) is 7.85. The lowest BCUT2D eigenvalue weighted by molar-refractivity contribution is -0.137. The van der Waals surface area contributed by atoms with Crippen LogP contribution in [0.4, 0.5) is 29.5 Å². The highest BCUT2D eigenvalue weighted by molar-refractivity contribution is 6.00. The third kappa shape index (κ3) is 7.98. The number of hydrazine groups is 1. The molecule has 0 radical (unpaired) electrons. The minimum Gasteiger partial charge on any atom is -0.465 e. The van der Waals surface area contributed by atoms with Crippen molar-refractivity contribution in [2.45, 2.75) is 26.9 Å². The number of pyridine rings is 1. The Morgan fingerprint density at radius 1 is 1.03 bits per heavy atom. The highest BCUT2D eigenvalue weighted by Gasteiger charge is 2.30. The third-order valence-corrected chi connectivity index (χ3v) is 4.11. The summed E-state index contributed by atoms with van der Waals surface area (Å²) in [6.45, 7) is 5.06. The number of carbonyl (C=O) groups is 3. The number of alkyl halides is 3. The highest BCUT2D eigenvalue weighted by atomic mass is 19.4. The molecule has 0 spiro atoms. The molecule has 1 aromatic heterocycles. The van der Waals surface area contributed by atoms with E-state index in [4.69, 9.17) is 0 Å². The molecule has 1 aromatic carbocycles. The summed E-state index contributed by atoms with van der Waals surface area (Å²) in [6, 6.07) is 7.01. The van der Waals surface area contributed by atoms with Crippen LogP contribution in [0.3, 0.4) is 0 Å². The summed E-state index contributed by atoms with van der Waals surface area (Å²) >= 11 is 0. The minimum absolute atomic E-state index is 0.00230. The van der Waals surface area contributed by atoms with E-state index in [2.05, 4.69) is 21.2 Å². The topological polar surface area (TPSA) is 124 Å². The fourth-order valence-corrected chi connectivity index (χ4v) is 2.74. The van der Waals surface area contributed by atoms with Crippen LogP contribution in [0.25, 0.3) is 0 Å². The summed E-state index contributed by atoms with van der Waals surface area (Å²) in [5.74, 6) is -1.47. The first-order valence-corrected chi connectivity index (χ1v) is 9.72. The maximum atomic E-state index is 12.7. The van der Waals surface area contributed by atoms with Crippen molar-refractivity contribution in [2.24, 2.45) is 5.41 Å². The predicted molar refractivity (Wildman–Crippen MR) is 114 cm³/mol. The van der Waals surface area contributed by atoms with Gasteiger partial charge in [-0.2, -0.15) is 13.2 Å². The van der Waals surface area contributed by atoms with Gasteiger partial charge in [-0.15, -0.1) is 0 Å². The molecule has 0 aliphatic rings. The van der Waals surface area contributed by atoms with Crippen molar-refractivity contribution in [1.82, 2.24) is 20.7 Å². The van der Waals surface area contributed by atoms with Crippen molar-refractivity contribution >= 4 is 29.4 Å². The Morgan fingerprint density at radius 2 is 1.67 bits per heavy atom. The number of carboxylic acid groups (broad SMARTS) is 1. The first-order valence-electron chi connectivity index (χ1n) is 9.72. The molecule has 0 aliphatic heterocycles. The Hall–Kier alpha value is -3.83. The molecule has 0 saturated heterocycles. The quantitative estimate of drug-likeness (QED) is 0.481. The molecule has 0 unspecified atom stereocenters. The van der Waals surface area contributed by atoms with E-state index in [9.17, 15) is 32.7 Å². The van der Waals surface area contributed by atoms with Gasteiger partial charge in [-0.1, -0.05) is 20.8 Å². The molecule has 9 nitrogen and oxygen atoms in total. The van der Waals surface area contributed by atoms with Gasteiger partial charge in [0.25, 0.3) is 11.8 Å². The van der Waals surface area contributed by atoms with Crippen LogP contribution in [0.5, 0.6) is 0 Å². The van der Waals surface area contributed by atoms with Crippen molar-refractivity contribution in [3.63, 3.8) is 0 Å². The van der Waals surface area contributed by atoms with E-state index < -0.39 is 36.2 Å². The average Bonchev–Trinajstić information content (AvgIpc) is 2.70. The van der Waals surface area contributed by atoms with Crippen molar-refractivity contribution in [2.75, 3.05) is 18.4 Å². The number of nitrogens with zero attached hydrogens (tertiary/aromatic N) is 2. The van der Waals surface area contributed by atoms with Crippen LogP contribution in [-0.2, 0) is 11.0 Å². The summed E-state index contributed by atoms with van der Waals surface area (Å²) in [7, 11) is 0. The van der Waals surface area contributed by atoms with Gasteiger partial charge >= 0.3 is 12.3 Å². The first-order chi connectivity index (χ1) is 15.3. The highest BCUT2D eigenvalue weighted by Crippen LogP contribution is 2.30. The third-order valence-electron chi connectivity index (χ3n) is 4.11. The molecule has 2 aromatic rings. The zero-order chi connectivity index (χ0) is 24.8. The molecule has 0 fully saturated rings. The molecular weight excluding hydrogens is 443 g/mol. The maximum Gasteiger partial charge on any atom is 0.416 e. The number of aromatic nitrogens is 1. The summed E-state index contributed by atoms with van der Waals surface area (Å²) in [5, 5.41) is 12.0. The fraction of sp³-hybridized carbons (Fsp3) is 0.333. The van der Waals surface area contributed by atoms with E-state index in [1.165, 1.54) is 30.5 Å². The van der Waals surface area contributed by atoms with Crippen LogP contribution in [0.1, 0.15) is 36.7 Å². The van der Waals surface area contributed by atoms with E-state index in [1.807, 2.05) is 20.8 Å². The Labute approximate surface area is 188 Å². The van der Waals surface area contributed by atoms with Crippen LogP contribution < -0.4 is 16.2 Å². The van der Waals surface area contributed by atoms with Crippen LogP contribution in [0, 0.1) is 5.41 Å². The van der Waals surface area contributed by atoms with Crippen LogP contribution >= 0.6 is 0 Å². The minimum atomic E-state index is -4.48.